The monoisotopic (exact) mass is 261 g/mol. The number of carboxylic acids is 1. The van der Waals surface area contributed by atoms with Crippen molar-refractivity contribution in [2.24, 2.45) is 0 Å². The quantitative estimate of drug-likeness (QED) is 0.860. The van der Waals surface area contributed by atoms with E-state index in [1.807, 2.05) is 0 Å². The van der Waals surface area contributed by atoms with Crippen LogP contribution in [0.4, 0.5) is 0 Å². The maximum absolute atomic E-state index is 11.3. The predicted octanol–water partition coefficient (Wildman–Crippen LogP) is 1.05. The van der Waals surface area contributed by atoms with E-state index in [-0.39, 0.29) is 23.1 Å². The molecule has 2 heterocycles. The molecule has 7 heteroatoms. The average molecular weight is 261 g/mol. The van der Waals surface area contributed by atoms with Crippen LogP contribution >= 0.6 is 11.3 Å². The highest BCUT2D eigenvalue weighted by atomic mass is 32.2. The van der Waals surface area contributed by atoms with Gasteiger partial charge in [-0.05, 0) is 13.3 Å². The van der Waals surface area contributed by atoms with E-state index >= 15 is 0 Å². The van der Waals surface area contributed by atoms with Crippen molar-refractivity contribution in [3.05, 3.63) is 15.6 Å². The highest BCUT2D eigenvalue weighted by molar-refractivity contribution is 7.91. The summed E-state index contributed by atoms with van der Waals surface area (Å²) in [6.07, 6.45) is 0.550. The first-order valence-corrected chi connectivity index (χ1v) is 7.44. The third kappa shape index (κ3) is 2.10. The van der Waals surface area contributed by atoms with E-state index in [2.05, 4.69) is 4.98 Å². The third-order valence-corrected chi connectivity index (χ3v) is 5.50. The second-order valence-electron chi connectivity index (χ2n) is 3.86. The predicted molar refractivity (Wildman–Crippen MR) is 59.8 cm³/mol. The summed E-state index contributed by atoms with van der Waals surface area (Å²) in [5, 5.41) is 9.49. The zero-order valence-corrected chi connectivity index (χ0v) is 10.3. The molecule has 0 saturated carbocycles. The second kappa shape index (κ2) is 3.81. The highest BCUT2D eigenvalue weighted by Crippen LogP contribution is 2.32. The summed E-state index contributed by atoms with van der Waals surface area (Å²) in [5.41, 5.74) is 0.0456. The Labute approximate surface area is 97.1 Å². The number of nitrogens with zero attached hydrogens (tertiary/aromatic N) is 1. The summed E-state index contributed by atoms with van der Waals surface area (Å²) in [4.78, 5) is 15.4. The molecule has 5 nitrogen and oxygen atoms in total. The summed E-state index contributed by atoms with van der Waals surface area (Å²) in [6, 6.07) is 0. The Kier molecular flexibility index (Phi) is 2.75. The average Bonchev–Trinajstić information content (AvgIpc) is 2.69. The number of carboxylic acid groups (broad SMARTS) is 1. The number of sulfone groups is 1. The summed E-state index contributed by atoms with van der Waals surface area (Å²) < 4.78 is 22.6. The number of aromatic carboxylic acids is 1. The highest BCUT2D eigenvalue weighted by Gasteiger charge is 2.32. The Morgan fingerprint density at radius 2 is 2.25 bits per heavy atom. The van der Waals surface area contributed by atoms with Gasteiger partial charge in [0.25, 0.3) is 0 Å². The molecular weight excluding hydrogens is 250 g/mol. The third-order valence-electron chi connectivity index (χ3n) is 2.60. The molecule has 1 fully saturated rings. The van der Waals surface area contributed by atoms with Gasteiger partial charge in [-0.1, -0.05) is 0 Å². The Morgan fingerprint density at radius 3 is 2.69 bits per heavy atom. The zero-order valence-electron chi connectivity index (χ0n) is 8.63. The van der Waals surface area contributed by atoms with Gasteiger partial charge >= 0.3 is 5.97 Å². The Hall–Kier alpha value is -0.950. The van der Waals surface area contributed by atoms with Crippen LogP contribution in [-0.4, -0.2) is 36.0 Å². The zero-order chi connectivity index (χ0) is 11.9. The molecule has 0 amide bonds. The molecule has 0 spiro atoms. The lowest BCUT2D eigenvalue weighted by Crippen LogP contribution is -2.04. The normalized spacial score (nSPS) is 23.4. The molecule has 0 aliphatic carbocycles. The number of hydrogen-bond acceptors (Lipinski definition) is 5. The number of thiazole rings is 1. The number of carbonyl (C=O) groups is 1. The van der Waals surface area contributed by atoms with Gasteiger partial charge < -0.3 is 5.11 Å². The van der Waals surface area contributed by atoms with E-state index in [1.54, 1.807) is 6.92 Å². The summed E-state index contributed by atoms with van der Waals surface area (Å²) in [7, 11) is -2.95. The summed E-state index contributed by atoms with van der Waals surface area (Å²) in [6.45, 7) is 1.69. The minimum atomic E-state index is -2.95. The van der Waals surface area contributed by atoms with Gasteiger partial charge in [-0.25, -0.2) is 18.2 Å². The minimum Gasteiger partial charge on any atom is -0.476 e. The van der Waals surface area contributed by atoms with Gasteiger partial charge in [0.15, 0.2) is 15.5 Å². The maximum Gasteiger partial charge on any atom is 0.355 e. The van der Waals surface area contributed by atoms with E-state index < -0.39 is 15.8 Å². The van der Waals surface area contributed by atoms with Gasteiger partial charge in [0.2, 0.25) is 0 Å². The molecule has 1 unspecified atom stereocenters. The van der Waals surface area contributed by atoms with Crippen LogP contribution in [0.25, 0.3) is 0 Å². The molecule has 0 bridgehead atoms. The van der Waals surface area contributed by atoms with Gasteiger partial charge in [-0.3, -0.25) is 0 Å². The molecule has 2 rings (SSSR count). The van der Waals surface area contributed by atoms with Crippen LogP contribution in [0.5, 0.6) is 0 Å². The lowest BCUT2D eigenvalue weighted by atomic mass is 10.1. The van der Waals surface area contributed by atoms with Gasteiger partial charge in [-0.15, -0.1) is 11.3 Å². The number of hydrogen-bond donors (Lipinski definition) is 1. The molecule has 1 saturated heterocycles. The standard InChI is InChI=1S/C9H11NO4S2/c1-5-7(9(11)12)10-8(15-5)6-2-3-16(13,14)4-6/h6H,2-4H2,1H3,(H,11,12). The lowest BCUT2D eigenvalue weighted by Gasteiger charge is -2.00. The fourth-order valence-corrected chi connectivity index (χ4v) is 4.68. The Morgan fingerprint density at radius 1 is 1.56 bits per heavy atom. The largest absolute Gasteiger partial charge is 0.476 e. The fraction of sp³-hybridized carbons (Fsp3) is 0.556. The number of aromatic nitrogens is 1. The van der Waals surface area contributed by atoms with Crippen molar-refractivity contribution >= 4 is 27.1 Å². The lowest BCUT2D eigenvalue weighted by molar-refractivity contribution is 0.0690. The van der Waals surface area contributed by atoms with Crippen LogP contribution in [0.2, 0.25) is 0 Å². The van der Waals surface area contributed by atoms with Crippen LogP contribution in [0.3, 0.4) is 0 Å². The van der Waals surface area contributed by atoms with Crippen molar-refractivity contribution in [2.75, 3.05) is 11.5 Å². The van der Waals surface area contributed by atoms with Gasteiger partial charge in [-0.2, -0.15) is 0 Å². The number of rotatable bonds is 2. The first kappa shape index (κ1) is 11.5. The molecule has 88 valence electrons. The number of aryl methyl sites for hydroxylation is 1. The topological polar surface area (TPSA) is 84.3 Å². The maximum atomic E-state index is 11.3. The van der Waals surface area contributed by atoms with E-state index in [4.69, 9.17) is 5.11 Å². The molecule has 1 atom stereocenters. The SMILES string of the molecule is Cc1sc(C2CCS(=O)(=O)C2)nc1C(=O)O. The molecule has 1 aromatic heterocycles. The van der Waals surface area contributed by atoms with Crippen molar-refractivity contribution in [1.82, 2.24) is 4.98 Å². The van der Waals surface area contributed by atoms with Crippen molar-refractivity contribution in [2.45, 2.75) is 19.3 Å². The summed E-state index contributed by atoms with van der Waals surface area (Å²) in [5.74, 6) is -0.903. The van der Waals surface area contributed by atoms with Crippen LogP contribution < -0.4 is 0 Å². The molecular formula is C9H11NO4S2. The molecule has 0 aromatic carbocycles. The van der Waals surface area contributed by atoms with Crippen molar-refractivity contribution in [3.63, 3.8) is 0 Å². The van der Waals surface area contributed by atoms with Crippen molar-refractivity contribution in [3.8, 4) is 0 Å². The first-order chi connectivity index (χ1) is 7.39. The molecule has 1 aliphatic heterocycles. The molecule has 16 heavy (non-hydrogen) atoms. The smallest absolute Gasteiger partial charge is 0.355 e. The Balaban J connectivity index is 2.30. The van der Waals surface area contributed by atoms with Gasteiger partial charge in [0, 0.05) is 10.8 Å². The molecule has 1 aromatic rings. The van der Waals surface area contributed by atoms with E-state index in [1.165, 1.54) is 11.3 Å². The van der Waals surface area contributed by atoms with Crippen LogP contribution in [0.1, 0.15) is 32.7 Å². The Bertz CT molecular complexity index is 532. The van der Waals surface area contributed by atoms with Crippen LogP contribution in [-0.2, 0) is 9.84 Å². The fourth-order valence-electron chi connectivity index (χ4n) is 1.78. The van der Waals surface area contributed by atoms with E-state index in [9.17, 15) is 13.2 Å². The summed E-state index contributed by atoms with van der Waals surface area (Å²) >= 11 is 1.28. The van der Waals surface area contributed by atoms with Gasteiger partial charge in [0.1, 0.15) is 0 Å². The van der Waals surface area contributed by atoms with Gasteiger partial charge in [0.05, 0.1) is 16.5 Å². The van der Waals surface area contributed by atoms with Crippen molar-refractivity contribution in [1.29, 1.82) is 0 Å². The van der Waals surface area contributed by atoms with E-state index in [0.29, 0.717) is 16.3 Å². The van der Waals surface area contributed by atoms with E-state index in [0.717, 1.165) is 0 Å². The first-order valence-electron chi connectivity index (χ1n) is 4.80. The van der Waals surface area contributed by atoms with Crippen molar-refractivity contribution < 1.29 is 18.3 Å². The molecule has 1 aliphatic rings. The van der Waals surface area contributed by atoms with Crippen LogP contribution in [0.15, 0.2) is 0 Å². The van der Waals surface area contributed by atoms with Crippen LogP contribution in [0, 0.1) is 6.92 Å². The molecule has 1 N–H and O–H groups in total. The minimum absolute atomic E-state index is 0.0456. The second-order valence-corrected chi connectivity index (χ2v) is 7.33. The molecule has 0 radical (unpaired) electrons.